The molecule has 1 amide bonds. The average molecular weight is 309 g/mol. The topological polar surface area (TPSA) is 57.6 Å². The van der Waals surface area contributed by atoms with E-state index in [9.17, 15) is 19.1 Å². The first-order valence-corrected chi connectivity index (χ1v) is 7.96. The minimum absolute atomic E-state index is 0.0952. The van der Waals surface area contributed by atoms with E-state index in [1.807, 2.05) is 0 Å². The maximum Gasteiger partial charge on any atom is 0.327 e. The smallest absolute Gasteiger partial charge is 0.327 e. The van der Waals surface area contributed by atoms with Crippen molar-refractivity contribution in [3.63, 3.8) is 0 Å². The van der Waals surface area contributed by atoms with Crippen molar-refractivity contribution < 1.29 is 19.1 Å². The lowest BCUT2D eigenvalue weighted by atomic mass is 10.1. The monoisotopic (exact) mass is 309 g/mol. The van der Waals surface area contributed by atoms with Crippen molar-refractivity contribution in [1.82, 2.24) is 4.90 Å². The second-order valence-electron chi connectivity index (χ2n) is 5.65. The summed E-state index contributed by atoms with van der Waals surface area (Å²) in [5.41, 5.74) is 0.881. The first kappa shape index (κ1) is 14.4. The number of hydrogen-bond acceptors (Lipinski definition) is 3. The summed E-state index contributed by atoms with van der Waals surface area (Å²) in [6.07, 6.45) is 2.05. The summed E-state index contributed by atoms with van der Waals surface area (Å²) in [5.74, 6) is -1.08. The molecule has 1 aliphatic heterocycles. The lowest BCUT2D eigenvalue weighted by Gasteiger charge is -2.27. The first-order valence-electron chi connectivity index (χ1n) is 6.91. The molecule has 4 nitrogen and oxygen atoms in total. The van der Waals surface area contributed by atoms with Crippen molar-refractivity contribution in [2.24, 2.45) is 5.92 Å². The van der Waals surface area contributed by atoms with E-state index in [4.69, 9.17) is 0 Å². The number of nitrogens with zero attached hydrogens (tertiary/aromatic N) is 1. The molecule has 3 rings (SSSR count). The van der Waals surface area contributed by atoms with E-state index in [0.717, 1.165) is 12.8 Å². The number of amides is 1. The van der Waals surface area contributed by atoms with Crippen LogP contribution in [0.15, 0.2) is 18.2 Å². The Kier molecular flexibility index (Phi) is 3.65. The summed E-state index contributed by atoms with van der Waals surface area (Å²) in [6, 6.07) is 3.32. The van der Waals surface area contributed by atoms with Gasteiger partial charge in [0, 0.05) is 11.3 Å². The summed E-state index contributed by atoms with van der Waals surface area (Å²) in [5, 5.41) is 9.23. The maximum atomic E-state index is 13.5. The van der Waals surface area contributed by atoms with Crippen LogP contribution in [0.25, 0.3) is 0 Å². The molecule has 21 heavy (non-hydrogen) atoms. The molecule has 1 aromatic carbocycles. The fourth-order valence-corrected chi connectivity index (χ4v) is 4.36. The van der Waals surface area contributed by atoms with Gasteiger partial charge in [0.2, 0.25) is 0 Å². The molecule has 2 atom stereocenters. The summed E-state index contributed by atoms with van der Waals surface area (Å²) < 4.78 is 13.5. The fraction of sp³-hybridized carbons (Fsp3) is 0.467. The minimum Gasteiger partial charge on any atom is -0.480 e. The Morgan fingerprint density at radius 3 is 2.62 bits per heavy atom. The third-order valence-corrected chi connectivity index (χ3v) is 5.33. The van der Waals surface area contributed by atoms with Gasteiger partial charge in [0.15, 0.2) is 0 Å². The molecule has 0 spiro atoms. The Morgan fingerprint density at radius 2 is 2.05 bits per heavy atom. The van der Waals surface area contributed by atoms with Crippen LogP contribution in [0.4, 0.5) is 4.39 Å². The zero-order valence-corrected chi connectivity index (χ0v) is 12.4. The van der Waals surface area contributed by atoms with Gasteiger partial charge in [0.05, 0.1) is 5.37 Å². The Balaban J connectivity index is 1.93. The van der Waals surface area contributed by atoms with Crippen LogP contribution in [-0.4, -0.2) is 39.1 Å². The molecule has 0 aromatic heterocycles. The number of aliphatic carboxylic acids is 1. The van der Waals surface area contributed by atoms with E-state index in [0.29, 0.717) is 17.2 Å². The summed E-state index contributed by atoms with van der Waals surface area (Å²) >= 11 is 1.52. The standard InChI is InChI=1S/C15H16FNO3S/c1-8-4-10(6-11(16)5-8)13(18)17-12(15(19)20)7-21-14(17)9-2-3-9/h4-6,9,12,14H,2-3,7H2,1H3,(H,19,20). The number of rotatable bonds is 3. The third-order valence-electron chi connectivity index (χ3n) is 3.87. The Morgan fingerprint density at radius 1 is 1.33 bits per heavy atom. The van der Waals surface area contributed by atoms with E-state index >= 15 is 0 Å². The molecule has 0 radical (unpaired) electrons. The molecule has 2 fully saturated rings. The Bertz CT molecular complexity index is 582. The first-order chi connectivity index (χ1) is 9.97. The quantitative estimate of drug-likeness (QED) is 0.932. The van der Waals surface area contributed by atoms with Gasteiger partial charge in [-0.25, -0.2) is 9.18 Å². The van der Waals surface area contributed by atoms with Gasteiger partial charge < -0.3 is 10.0 Å². The zero-order valence-electron chi connectivity index (χ0n) is 11.6. The molecular weight excluding hydrogens is 293 g/mol. The highest BCUT2D eigenvalue weighted by molar-refractivity contribution is 8.00. The SMILES string of the molecule is Cc1cc(F)cc(C(=O)N2C(C(=O)O)CSC2C2CC2)c1. The van der Waals surface area contributed by atoms with Crippen molar-refractivity contribution in [2.75, 3.05) is 5.75 Å². The number of aryl methyl sites for hydroxylation is 1. The number of hydrogen-bond donors (Lipinski definition) is 1. The summed E-state index contributed by atoms with van der Waals surface area (Å²) in [4.78, 5) is 25.5. The largest absolute Gasteiger partial charge is 0.480 e. The van der Waals surface area contributed by atoms with E-state index in [1.54, 1.807) is 13.0 Å². The number of carbonyl (C=O) groups is 2. The minimum atomic E-state index is -0.993. The number of benzene rings is 1. The van der Waals surface area contributed by atoms with Gasteiger partial charge in [-0.05, 0) is 49.4 Å². The summed E-state index contributed by atoms with van der Waals surface area (Å²) in [6.45, 7) is 1.71. The van der Waals surface area contributed by atoms with Crippen LogP contribution in [0.3, 0.4) is 0 Å². The molecule has 112 valence electrons. The molecule has 6 heteroatoms. The molecule has 1 aliphatic carbocycles. The molecule has 1 N–H and O–H groups in total. The molecule has 2 unspecified atom stereocenters. The highest BCUT2D eigenvalue weighted by Gasteiger charge is 2.48. The Hall–Kier alpha value is -1.56. The number of carbonyl (C=O) groups excluding carboxylic acids is 1. The normalized spacial score (nSPS) is 25.1. The van der Waals surface area contributed by atoms with Crippen molar-refractivity contribution in [1.29, 1.82) is 0 Å². The number of halogens is 1. The number of carboxylic acids is 1. The van der Waals surface area contributed by atoms with E-state index < -0.39 is 17.8 Å². The molecule has 0 bridgehead atoms. The van der Waals surface area contributed by atoms with E-state index in [-0.39, 0.29) is 16.8 Å². The van der Waals surface area contributed by atoms with Gasteiger partial charge in [-0.2, -0.15) is 0 Å². The van der Waals surface area contributed by atoms with Crippen LogP contribution in [0, 0.1) is 18.7 Å². The van der Waals surface area contributed by atoms with Crippen molar-refractivity contribution >= 4 is 23.6 Å². The predicted octanol–water partition coefficient (Wildman–Crippen LogP) is 2.51. The van der Waals surface area contributed by atoms with Gasteiger partial charge in [-0.15, -0.1) is 11.8 Å². The lowest BCUT2D eigenvalue weighted by Crippen LogP contribution is -2.46. The predicted molar refractivity (Wildman–Crippen MR) is 77.7 cm³/mol. The van der Waals surface area contributed by atoms with Crippen molar-refractivity contribution in [3.8, 4) is 0 Å². The van der Waals surface area contributed by atoms with E-state index in [2.05, 4.69) is 0 Å². The molecule has 1 saturated carbocycles. The van der Waals surface area contributed by atoms with Crippen LogP contribution < -0.4 is 0 Å². The third kappa shape index (κ3) is 2.77. The molecule has 1 aromatic rings. The van der Waals surface area contributed by atoms with Crippen LogP contribution in [-0.2, 0) is 4.79 Å². The average Bonchev–Trinajstić information content (AvgIpc) is 3.15. The molecular formula is C15H16FNO3S. The van der Waals surface area contributed by atoms with Crippen LogP contribution in [0.2, 0.25) is 0 Å². The van der Waals surface area contributed by atoms with Crippen LogP contribution in [0.5, 0.6) is 0 Å². The highest BCUT2D eigenvalue weighted by atomic mass is 32.2. The second kappa shape index (κ2) is 5.33. The molecule has 2 aliphatic rings. The van der Waals surface area contributed by atoms with Gasteiger partial charge in [0.25, 0.3) is 5.91 Å². The van der Waals surface area contributed by atoms with Gasteiger partial charge in [0.1, 0.15) is 11.9 Å². The van der Waals surface area contributed by atoms with Crippen molar-refractivity contribution in [3.05, 3.63) is 35.1 Å². The molecule has 1 saturated heterocycles. The van der Waals surface area contributed by atoms with Crippen LogP contribution in [0.1, 0.15) is 28.8 Å². The molecule has 1 heterocycles. The number of carboxylic acid groups (broad SMARTS) is 1. The Labute approximate surface area is 126 Å². The van der Waals surface area contributed by atoms with Gasteiger partial charge >= 0.3 is 5.97 Å². The zero-order chi connectivity index (χ0) is 15.1. The fourth-order valence-electron chi connectivity index (χ4n) is 2.73. The highest BCUT2D eigenvalue weighted by Crippen LogP contribution is 2.45. The van der Waals surface area contributed by atoms with Gasteiger partial charge in [-0.3, -0.25) is 4.79 Å². The van der Waals surface area contributed by atoms with Crippen LogP contribution >= 0.6 is 11.8 Å². The number of thioether (sulfide) groups is 1. The van der Waals surface area contributed by atoms with Gasteiger partial charge in [-0.1, -0.05) is 0 Å². The second-order valence-corrected chi connectivity index (χ2v) is 6.79. The van der Waals surface area contributed by atoms with E-state index in [1.165, 1.54) is 28.8 Å². The van der Waals surface area contributed by atoms with Crippen molar-refractivity contribution in [2.45, 2.75) is 31.2 Å². The lowest BCUT2D eigenvalue weighted by molar-refractivity contribution is -0.141. The summed E-state index contributed by atoms with van der Waals surface area (Å²) in [7, 11) is 0. The maximum absolute atomic E-state index is 13.5.